The van der Waals surface area contributed by atoms with Gasteiger partial charge < -0.3 is 4.90 Å². The molecule has 0 spiro atoms. The largest absolute Gasteiger partial charge is 0.342 e. The fraction of sp³-hybridized carbons (Fsp3) is 0.381. The van der Waals surface area contributed by atoms with E-state index in [9.17, 15) is 4.79 Å². The van der Waals surface area contributed by atoms with Gasteiger partial charge in [-0.25, -0.2) is 4.98 Å². The van der Waals surface area contributed by atoms with E-state index >= 15 is 0 Å². The minimum absolute atomic E-state index is 0.0386. The topological polar surface area (TPSA) is 51.0 Å². The maximum atomic E-state index is 13.1. The molecule has 0 bridgehead atoms. The molecule has 0 fully saturated rings. The van der Waals surface area contributed by atoms with Crippen LogP contribution >= 0.6 is 0 Å². The van der Waals surface area contributed by atoms with E-state index in [1.807, 2.05) is 43.2 Å². The predicted molar refractivity (Wildman–Crippen MR) is 105 cm³/mol. The van der Waals surface area contributed by atoms with Gasteiger partial charge in [0.05, 0.1) is 23.0 Å². The van der Waals surface area contributed by atoms with Gasteiger partial charge in [-0.1, -0.05) is 19.9 Å². The zero-order valence-electron chi connectivity index (χ0n) is 16.0. The average Bonchev–Trinajstić information content (AvgIpc) is 3.15. The third-order valence-corrected chi connectivity index (χ3v) is 4.67. The number of amides is 1. The third kappa shape index (κ3) is 3.47. The Balaban J connectivity index is 2.18. The lowest BCUT2D eigenvalue weighted by Crippen LogP contribution is -2.27. The summed E-state index contributed by atoms with van der Waals surface area (Å²) in [5.74, 6) is 0.0386. The van der Waals surface area contributed by atoms with E-state index in [-0.39, 0.29) is 5.91 Å². The molecule has 0 aliphatic carbocycles. The Hall–Kier alpha value is -2.69. The molecule has 0 saturated carbocycles. The smallest absolute Gasteiger partial charge is 0.254 e. The summed E-state index contributed by atoms with van der Waals surface area (Å²) in [5.41, 5.74) is 4.48. The van der Waals surface area contributed by atoms with Crippen molar-refractivity contribution in [2.45, 2.75) is 40.2 Å². The summed E-state index contributed by atoms with van der Waals surface area (Å²) in [5, 5.41) is 5.26. The Bertz CT molecular complexity index is 929. The maximum absolute atomic E-state index is 13.1. The van der Waals surface area contributed by atoms with Gasteiger partial charge in [0.2, 0.25) is 0 Å². The van der Waals surface area contributed by atoms with E-state index in [2.05, 4.69) is 31.1 Å². The van der Waals surface area contributed by atoms with E-state index in [1.165, 1.54) is 5.56 Å². The summed E-state index contributed by atoms with van der Waals surface area (Å²) in [7, 11) is 1.86. The average molecular weight is 350 g/mol. The first-order chi connectivity index (χ1) is 12.6. The first kappa shape index (κ1) is 18.1. The lowest BCUT2D eigenvalue weighted by molar-refractivity contribution is 0.0797. The number of benzene rings is 1. The highest BCUT2D eigenvalue weighted by atomic mass is 16.2. The summed E-state index contributed by atoms with van der Waals surface area (Å²) in [6.07, 6.45) is 5.64. The first-order valence-corrected chi connectivity index (χ1v) is 9.29. The van der Waals surface area contributed by atoms with Gasteiger partial charge in [-0.15, -0.1) is 0 Å². The van der Waals surface area contributed by atoms with E-state index in [0.717, 1.165) is 48.1 Å². The summed E-state index contributed by atoms with van der Waals surface area (Å²) in [4.78, 5) is 19.6. The highest BCUT2D eigenvalue weighted by Crippen LogP contribution is 2.26. The Morgan fingerprint density at radius 1 is 1.19 bits per heavy atom. The molecular formula is C21H26N4O. The fourth-order valence-corrected chi connectivity index (χ4v) is 3.13. The van der Waals surface area contributed by atoms with Crippen molar-refractivity contribution in [2.24, 2.45) is 0 Å². The SMILES string of the molecule is CCCN(C)C(=O)c1cc(-c2cnn(CC)c2)nc2ccc(CC)cc12. The summed E-state index contributed by atoms with van der Waals surface area (Å²) in [6, 6.07) is 8.10. The van der Waals surface area contributed by atoms with Gasteiger partial charge in [0.15, 0.2) is 0 Å². The van der Waals surface area contributed by atoms with Crippen LogP contribution in [0.3, 0.4) is 0 Å². The Labute approximate surface area is 154 Å². The zero-order chi connectivity index (χ0) is 18.7. The Morgan fingerprint density at radius 3 is 2.65 bits per heavy atom. The van der Waals surface area contributed by atoms with Crippen LogP contribution in [-0.2, 0) is 13.0 Å². The molecule has 3 rings (SSSR count). The summed E-state index contributed by atoms with van der Waals surface area (Å²) < 4.78 is 1.87. The van der Waals surface area contributed by atoms with Crippen molar-refractivity contribution in [2.75, 3.05) is 13.6 Å². The molecule has 136 valence electrons. The Kier molecular flexibility index (Phi) is 5.35. The van der Waals surface area contributed by atoms with Crippen molar-refractivity contribution in [3.8, 4) is 11.3 Å². The lowest BCUT2D eigenvalue weighted by atomic mass is 10.0. The van der Waals surface area contributed by atoms with Gasteiger partial charge in [-0.05, 0) is 43.5 Å². The normalized spacial score (nSPS) is 11.1. The minimum atomic E-state index is 0.0386. The molecule has 0 aliphatic rings. The quantitative estimate of drug-likeness (QED) is 0.671. The molecule has 0 N–H and O–H groups in total. The molecular weight excluding hydrogens is 324 g/mol. The van der Waals surface area contributed by atoms with Crippen LogP contribution in [0.25, 0.3) is 22.2 Å². The number of rotatable bonds is 6. The highest BCUT2D eigenvalue weighted by molar-refractivity contribution is 6.07. The molecule has 0 aliphatic heterocycles. The highest BCUT2D eigenvalue weighted by Gasteiger charge is 2.18. The van der Waals surface area contributed by atoms with Gasteiger partial charge >= 0.3 is 0 Å². The molecule has 0 atom stereocenters. The molecule has 2 aromatic heterocycles. The molecule has 0 saturated heterocycles. The lowest BCUT2D eigenvalue weighted by Gasteiger charge is -2.18. The van der Waals surface area contributed by atoms with E-state index in [1.54, 1.807) is 4.90 Å². The van der Waals surface area contributed by atoms with Crippen molar-refractivity contribution in [1.82, 2.24) is 19.7 Å². The van der Waals surface area contributed by atoms with Gasteiger partial charge in [-0.3, -0.25) is 9.48 Å². The number of nitrogens with zero attached hydrogens (tertiary/aromatic N) is 4. The minimum Gasteiger partial charge on any atom is -0.342 e. The third-order valence-electron chi connectivity index (χ3n) is 4.67. The number of hydrogen-bond donors (Lipinski definition) is 0. The van der Waals surface area contributed by atoms with Crippen LogP contribution in [0, 0.1) is 0 Å². The van der Waals surface area contributed by atoms with Crippen molar-refractivity contribution in [3.63, 3.8) is 0 Å². The van der Waals surface area contributed by atoms with Gasteiger partial charge in [-0.2, -0.15) is 5.10 Å². The van der Waals surface area contributed by atoms with Crippen LogP contribution in [0.1, 0.15) is 43.1 Å². The number of fused-ring (bicyclic) bond motifs is 1. The molecule has 5 nitrogen and oxygen atoms in total. The van der Waals surface area contributed by atoms with Crippen molar-refractivity contribution >= 4 is 16.8 Å². The van der Waals surface area contributed by atoms with E-state index in [4.69, 9.17) is 4.98 Å². The molecule has 2 heterocycles. The van der Waals surface area contributed by atoms with E-state index < -0.39 is 0 Å². The molecule has 5 heteroatoms. The molecule has 1 amide bonds. The van der Waals surface area contributed by atoms with Gasteiger partial charge in [0, 0.05) is 37.3 Å². The molecule has 0 radical (unpaired) electrons. The van der Waals surface area contributed by atoms with Gasteiger partial charge in [0.25, 0.3) is 5.91 Å². The number of aromatic nitrogens is 3. The Morgan fingerprint density at radius 2 is 2.00 bits per heavy atom. The van der Waals surface area contributed by atoms with Crippen LogP contribution in [0.4, 0.5) is 0 Å². The maximum Gasteiger partial charge on any atom is 0.254 e. The molecule has 1 aromatic carbocycles. The van der Waals surface area contributed by atoms with Crippen LogP contribution in [0.2, 0.25) is 0 Å². The number of carbonyl (C=O) groups excluding carboxylic acids is 1. The van der Waals surface area contributed by atoms with Crippen molar-refractivity contribution in [3.05, 3.63) is 47.8 Å². The predicted octanol–water partition coefficient (Wildman–Crippen LogP) is 4.16. The molecule has 26 heavy (non-hydrogen) atoms. The second-order valence-corrected chi connectivity index (χ2v) is 6.57. The first-order valence-electron chi connectivity index (χ1n) is 9.29. The number of aryl methyl sites for hydroxylation is 2. The van der Waals surface area contributed by atoms with Crippen LogP contribution < -0.4 is 0 Å². The van der Waals surface area contributed by atoms with E-state index in [0.29, 0.717) is 5.56 Å². The molecule has 0 unspecified atom stereocenters. The number of carbonyl (C=O) groups is 1. The second kappa shape index (κ2) is 7.68. The fourth-order valence-electron chi connectivity index (χ4n) is 3.13. The van der Waals surface area contributed by atoms with Crippen LogP contribution in [-0.4, -0.2) is 39.2 Å². The summed E-state index contributed by atoms with van der Waals surface area (Å²) >= 11 is 0. The number of pyridine rings is 1. The second-order valence-electron chi connectivity index (χ2n) is 6.57. The van der Waals surface area contributed by atoms with Gasteiger partial charge in [0.1, 0.15) is 0 Å². The van der Waals surface area contributed by atoms with Crippen LogP contribution in [0.5, 0.6) is 0 Å². The number of hydrogen-bond acceptors (Lipinski definition) is 3. The van der Waals surface area contributed by atoms with Crippen LogP contribution in [0.15, 0.2) is 36.7 Å². The van der Waals surface area contributed by atoms with Crippen molar-refractivity contribution in [1.29, 1.82) is 0 Å². The van der Waals surface area contributed by atoms with Crippen molar-refractivity contribution < 1.29 is 4.79 Å². The standard InChI is InChI=1S/C21H26N4O/c1-5-10-24(4)21(26)18-12-20(16-13-22-25(7-3)14-16)23-19-9-8-15(6-2)11-17(18)19/h8-9,11-14H,5-7,10H2,1-4H3. The monoisotopic (exact) mass is 350 g/mol. The molecule has 3 aromatic rings. The zero-order valence-corrected chi connectivity index (χ0v) is 16.0. The summed E-state index contributed by atoms with van der Waals surface area (Å²) in [6.45, 7) is 7.78.